The highest BCUT2D eigenvalue weighted by Gasteiger charge is 2.45. The van der Waals surface area contributed by atoms with Crippen molar-refractivity contribution in [2.75, 3.05) is 19.7 Å². The standard InChI is InChI=1S/C43H66N6O11/c1-23(2)31(27(7)52)18-37(54)26(6)46-40(57)29(16-30-20-44-22-45-30)17-38(55)34(21-50)47-41(58)32(24(3)4)19-39(56)35-11-9-13-48(35)43(60)36-12-10-14-49(36)42(59)33(28(8)53)15-25(5)51/h20,22-24,26,28-29,31-36,50,53H,9-19,21H2,1-8H3,(H,44,45)(H,46,57)(H,47,58)/t26-,28?,29+,31-,32-,33-,34-,35-,36-/m0/s1. The Kier molecular flexibility index (Phi) is 18.9. The summed E-state index contributed by atoms with van der Waals surface area (Å²) in [6, 6.07) is -4.08. The molecule has 2 aliphatic rings. The van der Waals surface area contributed by atoms with Crippen molar-refractivity contribution in [2.45, 2.75) is 143 Å². The van der Waals surface area contributed by atoms with Crippen LogP contribution in [0.25, 0.3) is 0 Å². The molecule has 3 rings (SSSR count). The number of aliphatic hydroxyl groups is 2. The lowest BCUT2D eigenvalue weighted by Crippen LogP contribution is -2.53. The number of Topliss-reactive ketones (excluding diaryl/α,β-unsaturated/α-hetero) is 5. The van der Waals surface area contributed by atoms with Gasteiger partial charge < -0.3 is 40.4 Å². The van der Waals surface area contributed by atoms with E-state index in [1.165, 1.54) is 50.0 Å². The molecule has 9 atom stereocenters. The van der Waals surface area contributed by atoms with Gasteiger partial charge in [0.05, 0.1) is 43.0 Å². The van der Waals surface area contributed by atoms with E-state index in [-0.39, 0.29) is 67.8 Å². The Labute approximate surface area is 352 Å². The van der Waals surface area contributed by atoms with Gasteiger partial charge in [0.1, 0.15) is 23.7 Å². The molecule has 0 aliphatic carbocycles. The molecule has 0 radical (unpaired) electrons. The Morgan fingerprint density at radius 2 is 1.38 bits per heavy atom. The summed E-state index contributed by atoms with van der Waals surface area (Å²) >= 11 is 0. The first-order valence-corrected chi connectivity index (χ1v) is 21.2. The lowest BCUT2D eigenvalue weighted by Gasteiger charge is -2.33. The molecule has 0 bridgehead atoms. The van der Waals surface area contributed by atoms with Gasteiger partial charge in [-0.2, -0.15) is 0 Å². The van der Waals surface area contributed by atoms with Gasteiger partial charge in [-0.25, -0.2) is 4.98 Å². The number of hydrogen-bond donors (Lipinski definition) is 5. The average molecular weight is 843 g/mol. The quantitative estimate of drug-likeness (QED) is 0.0994. The van der Waals surface area contributed by atoms with Crippen molar-refractivity contribution in [3.05, 3.63) is 18.2 Å². The zero-order valence-electron chi connectivity index (χ0n) is 36.4. The second-order valence-corrected chi connectivity index (χ2v) is 17.4. The monoisotopic (exact) mass is 842 g/mol. The van der Waals surface area contributed by atoms with Crippen LogP contribution in [0.15, 0.2) is 12.5 Å². The topological polar surface area (TPSA) is 253 Å². The Morgan fingerprint density at radius 3 is 1.92 bits per heavy atom. The van der Waals surface area contributed by atoms with Crippen LogP contribution in [0, 0.1) is 35.5 Å². The molecule has 0 saturated carbocycles. The van der Waals surface area contributed by atoms with E-state index in [4.69, 9.17) is 0 Å². The van der Waals surface area contributed by atoms with E-state index < -0.39 is 102 Å². The van der Waals surface area contributed by atoms with Crippen LogP contribution in [0.4, 0.5) is 0 Å². The highest BCUT2D eigenvalue weighted by atomic mass is 16.3. The number of aromatic amines is 1. The summed E-state index contributed by atoms with van der Waals surface area (Å²) < 4.78 is 0. The Morgan fingerprint density at radius 1 is 0.767 bits per heavy atom. The summed E-state index contributed by atoms with van der Waals surface area (Å²) in [5.74, 6) is -7.86. The molecule has 1 aromatic rings. The molecular weight excluding hydrogens is 777 g/mol. The number of amides is 4. The molecule has 2 saturated heterocycles. The van der Waals surface area contributed by atoms with E-state index >= 15 is 0 Å². The molecule has 5 N–H and O–H groups in total. The molecule has 334 valence electrons. The normalized spacial score (nSPS) is 20.2. The van der Waals surface area contributed by atoms with Gasteiger partial charge in [-0.3, -0.25) is 38.4 Å². The second kappa shape index (κ2) is 22.8. The van der Waals surface area contributed by atoms with Gasteiger partial charge in [-0.05, 0) is 65.2 Å². The summed E-state index contributed by atoms with van der Waals surface area (Å²) in [7, 11) is 0. The first-order chi connectivity index (χ1) is 28.2. The fourth-order valence-corrected chi connectivity index (χ4v) is 8.28. The lowest BCUT2D eigenvalue weighted by atomic mass is 9.86. The smallest absolute Gasteiger partial charge is 0.245 e. The van der Waals surface area contributed by atoms with Crippen LogP contribution in [0.2, 0.25) is 0 Å². The molecule has 0 spiro atoms. The van der Waals surface area contributed by atoms with Crippen LogP contribution in [-0.4, -0.2) is 132 Å². The summed E-state index contributed by atoms with van der Waals surface area (Å²) in [5.41, 5.74) is 0.532. The molecule has 17 heteroatoms. The predicted octanol–water partition coefficient (Wildman–Crippen LogP) is 1.52. The molecule has 4 amide bonds. The number of nitrogens with zero attached hydrogens (tertiary/aromatic N) is 3. The van der Waals surface area contributed by atoms with E-state index in [9.17, 15) is 53.4 Å². The maximum absolute atomic E-state index is 14.0. The molecule has 60 heavy (non-hydrogen) atoms. The van der Waals surface area contributed by atoms with Gasteiger partial charge in [-0.1, -0.05) is 27.7 Å². The van der Waals surface area contributed by atoms with Crippen molar-refractivity contribution in [3.8, 4) is 0 Å². The highest BCUT2D eigenvalue weighted by Crippen LogP contribution is 2.30. The minimum Gasteiger partial charge on any atom is -0.394 e. The highest BCUT2D eigenvalue weighted by molar-refractivity contribution is 5.98. The van der Waals surface area contributed by atoms with E-state index in [0.29, 0.717) is 31.4 Å². The molecule has 2 aliphatic heterocycles. The predicted molar refractivity (Wildman–Crippen MR) is 219 cm³/mol. The van der Waals surface area contributed by atoms with Crippen LogP contribution < -0.4 is 10.6 Å². The fourth-order valence-electron chi connectivity index (χ4n) is 8.28. The Hall–Kier alpha value is -4.64. The minimum atomic E-state index is -1.42. The number of ketones is 5. The zero-order chi connectivity index (χ0) is 45.0. The van der Waals surface area contributed by atoms with Crippen molar-refractivity contribution in [1.82, 2.24) is 30.4 Å². The molecule has 17 nitrogen and oxygen atoms in total. The number of carbonyl (C=O) groups excluding carboxylic acids is 9. The van der Waals surface area contributed by atoms with Crippen LogP contribution >= 0.6 is 0 Å². The van der Waals surface area contributed by atoms with E-state index in [1.807, 2.05) is 13.8 Å². The maximum atomic E-state index is 14.0. The number of imidazole rings is 1. The van der Waals surface area contributed by atoms with Gasteiger partial charge in [0, 0.05) is 68.9 Å². The van der Waals surface area contributed by atoms with E-state index in [1.54, 1.807) is 13.8 Å². The van der Waals surface area contributed by atoms with Crippen molar-refractivity contribution < 1.29 is 53.4 Å². The van der Waals surface area contributed by atoms with E-state index in [2.05, 4.69) is 20.6 Å². The Balaban J connectivity index is 1.70. The van der Waals surface area contributed by atoms with Crippen LogP contribution in [-0.2, 0) is 49.6 Å². The first kappa shape index (κ1) is 49.7. The number of nitrogens with one attached hydrogen (secondary N) is 3. The number of H-pyrrole nitrogens is 1. The summed E-state index contributed by atoms with van der Waals surface area (Å²) in [4.78, 5) is 129. The maximum Gasteiger partial charge on any atom is 0.245 e. The van der Waals surface area contributed by atoms with Crippen LogP contribution in [0.5, 0.6) is 0 Å². The summed E-state index contributed by atoms with van der Waals surface area (Å²) in [5, 5.41) is 25.8. The molecular formula is C43H66N6O11. The van der Waals surface area contributed by atoms with Crippen molar-refractivity contribution in [3.63, 3.8) is 0 Å². The lowest BCUT2D eigenvalue weighted by molar-refractivity contribution is -0.150. The Bertz CT molecular complexity index is 1710. The third-order valence-corrected chi connectivity index (χ3v) is 12.0. The van der Waals surface area contributed by atoms with E-state index in [0.717, 1.165) is 0 Å². The number of aromatic nitrogens is 2. The number of aliphatic hydroxyl groups excluding tert-OH is 2. The number of hydrogen-bond acceptors (Lipinski definition) is 12. The molecule has 0 aromatic carbocycles. The molecule has 2 fully saturated rings. The van der Waals surface area contributed by atoms with Gasteiger partial charge >= 0.3 is 0 Å². The number of carbonyl (C=O) groups is 9. The summed E-state index contributed by atoms with van der Waals surface area (Å²) in [6.07, 6.45) is 2.71. The van der Waals surface area contributed by atoms with Crippen molar-refractivity contribution in [1.29, 1.82) is 0 Å². The largest absolute Gasteiger partial charge is 0.394 e. The number of likely N-dealkylation sites (tertiary alicyclic amines) is 2. The first-order valence-electron chi connectivity index (χ1n) is 21.2. The molecule has 3 heterocycles. The summed E-state index contributed by atoms with van der Waals surface area (Å²) in [6.45, 7) is 12.6. The average Bonchev–Trinajstić information content (AvgIpc) is 3.98. The van der Waals surface area contributed by atoms with Gasteiger partial charge in [0.25, 0.3) is 0 Å². The molecule has 1 unspecified atom stereocenters. The zero-order valence-corrected chi connectivity index (χ0v) is 36.4. The van der Waals surface area contributed by atoms with Gasteiger partial charge in [0.2, 0.25) is 23.6 Å². The second-order valence-electron chi connectivity index (χ2n) is 17.4. The van der Waals surface area contributed by atoms with Crippen molar-refractivity contribution >= 4 is 52.5 Å². The van der Waals surface area contributed by atoms with Crippen LogP contribution in [0.1, 0.15) is 112 Å². The van der Waals surface area contributed by atoms with Gasteiger partial charge in [-0.15, -0.1) is 0 Å². The third kappa shape index (κ3) is 13.4. The fraction of sp³-hybridized carbons (Fsp3) is 0.721. The third-order valence-electron chi connectivity index (χ3n) is 12.0. The minimum absolute atomic E-state index is 0.0265. The van der Waals surface area contributed by atoms with Crippen LogP contribution in [0.3, 0.4) is 0 Å². The SMILES string of the molecule is CC(=O)C[C@H](C(=O)N1CCC[C@H]1C(=O)N1CCC[C@H]1C(=O)C[C@H](C(=O)N[C@@H](CO)C(=O)C[C@@H](Cc1cnc[nH]1)C(=O)N[C@@H](C)C(=O)C[C@H](C(C)=O)C(C)C)C(C)C)C(C)O. The molecule has 1 aromatic heterocycles. The van der Waals surface area contributed by atoms with Crippen molar-refractivity contribution in [2.24, 2.45) is 35.5 Å². The number of rotatable bonds is 24. The van der Waals surface area contributed by atoms with Gasteiger partial charge in [0.15, 0.2) is 17.3 Å².